The van der Waals surface area contributed by atoms with E-state index in [1.807, 2.05) is 13.8 Å². The summed E-state index contributed by atoms with van der Waals surface area (Å²) in [4.78, 5) is 39.0. The molecule has 1 aromatic rings. The minimum Gasteiger partial charge on any atom is -0.341 e. The first-order valence-corrected chi connectivity index (χ1v) is 7.10. The second-order valence-electron chi connectivity index (χ2n) is 6.46. The van der Waals surface area contributed by atoms with Gasteiger partial charge in [-0.3, -0.25) is 19.3 Å². The van der Waals surface area contributed by atoms with Gasteiger partial charge in [0, 0.05) is 26.2 Å². The number of benzene rings is 1. The van der Waals surface area contributed by atoms with E-state index in [9.17, 15) is 14.4 Å². The number of imide groups is 1. The van der Waals surface area contributed by atoms with Crippen LogP contribution < -0.4 is 5.73 Å². The highest BCUT2D eigenvalue weighted by Gasteiger charge is 2.33. The van der Waals surface area contributed by atoms with Gasteiger partial charge in [0.1, 0.15) is 0 Å². The van der Waals surface area contributed by atoms with Gasteiger partial charge in [-0.15, -0.1) is 0 Å². The van der Waals surface area contributed by atoms with Crippen molar-refractivity contribution in [2.75, 3.05) is 27.2 Å². The van der Waals surface area contributed by atoms with Crippen LogP contribution in [0.5, 0.6) is 0 Å². The first kappa shape index (κ1) is 16.2. The van der Waals surface area contributed by atoms with Crippen molar-refractivity contribution in [3.8, 4) is 0 Å². The molecular weight excluding hydrogens is 282 g/mol. The van der Waals surface area contributed by atoms with Crippen LogP contribution in [0, 0.1) is 5.41 Å². The van der Waals surface area contributed by atoms with E-state index in [1.54, 1.807) is 18.0 Å². The van der Waals surface area contributed by atoms with Crippen LogP contribution in [0.4, 0.5) is 0 Å². The second kappa shape index (κ2) is 5.53. The highest BCUT2D eigenvalue weighted by molar-refractivity contribution is 6.21. The van der Waals surface area contributed by atoms with Crippen molar-refractivity contribution in [1.82, 2.24) is 9.80 Å². The molecule has 1 heterocycles. The molecule has 1 aliphatic rings. The van der Waals surface area contributed by atoms with Gasteiger partial charge in [0.2, 0.25) is 0 Å². The predicted octanol–water partition coefficient (Wildman–Crippen LogP) is 0.969. The Balaban J connectivity index is 2.27. The van der Waals surface area contributed by atoms with Gasteiger partial charge < -0.3 is 10.6 Å². The minimum absolute atomic E-state index is 0.187. The van der Waals surface area contributed by atoms with Gasteiger partial charge in [0.05, 0.1) is 11.1 Å². The van der Waals surface area contributed by atoms with Gasteiger partial charge >= 0.3 is 0 Å². The SMILES string of the molecule is CN(CC(C)(C)CN)C(=O)c1ccc2c(c1)C(=O)N(C)C2=O. The molecule has 0 spiro atoms. The molecule has 0 aromatic heterocycles. The van der Waals surface area contributed by atoms with Crippen molar-refractivity contribution in [3.05, 3.63) is 34.9 Å². The Kier molecular flexibility index (Phi) is 4.06. The maximum Gasteiger partial charge on any atom is 0.261 e. The van der Waals surface area contributed by atoms with Crippen molar-refractivity contribution in [1.29, 1.82) is 0 Å². The quantitative estimate of drug-likeness (QED) is 0.840. The fourth-order valence-corrected chi connectivity index (χ4v) is 2.49. The topological polar surface area (TPSA) is 83.7 Å². The molecule has 0 bridgehead atoms. The number of nitrogens with zero attached hydrogens (tertiary/aromatic N) is 2. The summed E-state index contributed by atoms with van der Waals surface area (Å²) in [5, 5.41) is 0. The monoisotopic (exact) mass is 303 g/mol. The molecule has 6 nitrogen and oxygen atoms in total. The van der Waals surface area contributed by atoms with E-state index in [4.69, 9.17) is 5.73 Å². The lowest BCUT2D eigenvalue weighted by molar-refractivity contribution is 0.0692. The number of hydrogen-bond donors (Lipinski definition) is 1. The van der Waals surface area contributed by atoms with Crippen LogP contribution >= 0.6 is 0 Å². The van der Waals surface area contributed by atoms with E-state index in [2.05, 4.69) is 0 Å². The first-order chi connectivity index (χ1) is 10.2. The van der Waals surface area contributed by atoms with E-state index in [0.29, 0.717) is 24.2 Å². The summed E-state index contributed by atoms with van der Waals surface area (Å²) < 4.78 is 0. The van der Waals surface area contributed by atoms with Crippen LogP contribution in [0.25, 0.3) is 0 Å². The molecule has 0 aliphatic carbocycles. The fraction of sp³-hybridized carbons (Fsp3) is 0.438. The summed E-state index contributed by atoms with van der Waals surface area (Å²) in [6.45, 7) is 4.94. The summed E-state index contributed by atoms with van der Waals surface area (Å²) >= 11 is 0. The molecule has 3 amide bonds. The molecule has 2 N–H and O–H groups in total. The number of nitrogens with two attached hydrogens (primary N) is 1. The van der Waals surface area contributed by atoms with Crippen LogP contribution in [0.1, 0.15) is 44.9 Å². The number of carbonyl (C=O) groups excluding carboxylic acids is 3. The van der Waals surface area contributed by atoms with E-state index in [1.165, 1.54) is 19.2 Å². The maximum atomic E-state index is 12.5. The third-order valence-electron chi connectivity index (χ3n) is 3.90. The van der Waals surface area contributed by atoms with Crippen LogP contribution in [-0.2, 0) is 0 Å². The summed E-state index contributed by atoms with van der Waals surface area (Å²) in [6.07, 6.45) is 0. The zero-order valence-electron chi connectivity index (χ0n) is 13.3. The summed E-state index contributed by atoms with van der Waals surface area (Å²) in [5.74, 6) is -0.907. The van der Waals surface area contributed by atoms with Crippen LogP contribution in [0.2, 0.25) is 0 Å². The van der Waals surface area contributed by atoms with Crippen molar-refractivity contribution in [2.45, 2.75) is 13.8 Å². The number of carbonyl (C=O) groups is 3. The predicted molar refractivity (Wildman–Crippen MR) is 82.7 cm³/mol. The van der Waals surface area contributed by atoms with Gasteiger partial charge in [-0.2, -0.15) is 0 Å². The lowest BCUT2D eigenvalue weighted by Crippen LogP contribution is -2.39. The van der Waals surface area contributed by atoms with Crippen molar-refractivity contribution >= 4 is 17.7 Å². The molecule has 118 valence electrons. The number of fused-ring (bicyclic) bond motifs is 1. The minimum atomic E-state index is -0.375. The molecule has 0 saturated carbocycles. The summed E-state index contributed by atoms with van der Waals surface area (Å²) in [7, 11) is 3.13. The Morgan fingerprint density at radius 1 is 1.23 bits per heavy atom. The average Bonchev–Trinajstić information content (AvgIpc) is 2.70. The van der Waals surface area contributed by atoms with Crippen molar-refractivity contribution in [3.63, 3.8) is 0 Å². The normalized spacial score (nSPS) is 14.3. The molecule has 0 radical (unpaired) electrons. The van der Waals surface area contributed by atoms with E-state index in [0.717, 1.165) is 4.90 Å². The smallest absolute Gasteiger partial charge is 0.261 e. The van der Waals surface area contributed by atoms with Crippen LogP contribution in [0.3, 0.4) is 0 Å². The standard InChI is InChI=1S/C16H21N3O3/c1-16(2,8-17)9-18(3)13(20)10-5-6-11-12(7-10)15(22)19(4)14(11)21/h5-7H,8-9,17H2,1-4H3. The van der Waals surface area contributed by atoms with E-state index < -0.39 is 0 Å². The Bertz CT molecular complexity index is 652. The molecule has 0 unspecified atom stereocenters. The molecule has 1 aromatic carbocycles. The molecular formula is C16H21N3O3. The van der Waals surface area contributed by atoms with Gasteiger partial charge in [-0.25, -0.2) is 0 Å². The van der Waals surface area contributed by atoms with E-state index >= 15 is 0 Å². The lowest BCUT2D eigenvalue weighted by Gasteiger charge is -2.29. The molecule has 1 aliphatic heterocycles. The molecule has 6 heteroatoms. The van der Waals surface area contributed by atoms with Gasteiger partial charge in [0.15, 0.2) is 0 Å². The van der Waals surface area contributed by atoms with Crippen molar-refractivity contribution in [2.24, 2.45) is 11.1 Å². The average molecular weight is 303 g/mol. The highest BCUT2D eigenvalue weighted by atomic mass is 16.2. The largest absolute Gasteiger partial charge is 0.341 e. The second-order valence-corrected chi connectivity index (χ2v) is 6.46. The molecule has 22 heavy (non-hydrogen) atoms. The lowest BCUT2D eigenvalue weighted by atomic mass is 9.93. The van der Waals surface area contributed by atoms with Crippen LogP contribution in [-0.4, -0.2) is 54.7 Å². The van der Waals surface area contributed by atoms with Crippen molar-refractivity contribution < 1.29 is 14.4 Å². The Labute approximate surface area is 129 Å². The number of amides is 3. The van der Waals surface area contributed by atoms with Gasteiger partial charge in [0.25, 0.3) is 17.7 Å². The number of hydrogen-bond acceptors (Lipinski definition) is 4. The number of rotatable bonds is 4. The molecule has 0 atom stereocenters. The fourth-order valence-electron chi connectivity index (χ4n) is 2.49. The molecule has 0 fully saturated rings. The summed E-state index contributed by atoms with van der Waals surface area (Å²) in [5.41, 5.74) is 6.52. The Hall–Kier alpha value is -2.21. The third-order valence-corrected chi connectivity index (χ3v) is 3.90. The van der Waals surface area contributed by atoms with Crippen LogP contribution in [0.15, 0.2) is 18.2 Å². The van der Waals surface area contributed by atoms with E-state index in [-0.39, 0.29) is 28.7 Å². The highest BCUT2D eigenvalue weighted by Crippen LogP contribution is 2.24. The Morgan fingerprint density at radius 2 is 1.82 bits per heavy atom. The molecule has 2 rings (SSSR count). The third kappa shape index (κ3) is 2.74. The first-order valence-electron chi connectivity index (χ1n) is 7.10. The van der Waals surface area contributed by atoms with Gasteiger partial charge in [-0.1, -0.05) is 13.8 Å². The zero-order valence-corrected chi connectivity index (χ0v) is 13.3. The maximum absolute atomic E-state index is 12.5. The summed E-state index contributed by atoms with van der Waals surface area (Å²) in [6, 6.07) is 4.61. The molecule has 0 saturated heterocycles. The van der Waals surface area contributed by atoms with Gasteiger partial charge in [-0.05, 0) is 30.2 Å². The zero-order chi connectivity index (χ0) is 16.7. The Morgan fingerprint density at radius 3 is 2.41 bits per heavy atom.